The van der Waals surface area contributed by atoms with Crippen LogP contribution in [0.15, 0.2) is 36.7 Å². The van der Waals surface area contributed by atoms with Crippen LogP contribution in [0.2, 0.25) is 5.02 Å². The summed E-state index contributed by atoms with van der Waals surface area (Å²) < 4.78 is 0. The quantitative estimate of drug-likeness (QED) is 0.933. The molecule has 0 radical (unpaired) electrons. The molecule has 0 aliphatic rings. The Hall–Kier alpha value is -1.94. The molecule has 1 atom stereocenters. The van der Waals surface area contributed by atoms with Gasteiger partial charge in [0.25, 0.3) is 0 Å². The van der Waals surface area contributed by atoms with Crippen LogP contribution in [0.5, 0.6) is 0 Å². The number of aryl methyl sites for hydroxylation is 1. The largest absolute Gasteiger partial charge is 0.481 e. The zero-order chi connectivity index (χ0) is 13.8. The number of aliphatic carboxylic acids is 1. The van der Waals surface area contributed by atoms with Crippen molar-refractivity contribution in [2.45, 2.75) is 19.3 Å². The number of aromatic nitrogens is 2. The molecule has 1 aromatic carbocycles. The van der Waals surface area contributed by atoms with Crippen LogP contribution in [-0.4, -0.2) is 21.0 Å². The highest BCUT2D eigenvalue weighted by Crippen LogP contribution is 2.22. The molecule has 0 bridgehead atoms. The Balaban J connectivity index is 2.32. The zero-order valence-corrected chi connectivity index (χ0v) is 11.1. The van der Waals surface area contributed by atoms with Gasteiger partial charge in [-0.2, -0.15) is 0 Å². The van der Waals surface area contributed by atoms with E-state index in [9.17, 15) is 9.90 Å². The minimum absolute atomic E-state index is 0.343. The molecule has 19 heavy (non-hydrogen) atoms. The average Bonchev–Trinajstić information content (AvgIpc) is 2.37. The first-order chi connectivity index (χ1) is 9.08. The predicted molar refractivity (Wildman–Crippen MR) is 72.3 cm³/mol. The van der Waals surface area contributed by atoms with E-state index in [2.05, 4.69) is 9.97 Å². The van der Waals surface area contributed by atoms with Crippen LogP contribution in [0.1, 0.15) is 22.9 Å². The highest BCUT2D eigenvalue weighted by molar-refractivity contribution is 6.30. The van der Waals surface area contributed by atoms with E-state index in [1.54, 1.807) is 31.3 Å². The third-order valence-corrected chi connectivity index (χ3v) is 3.11. The van der Waals surface area contributed by atoms with Crippen LogP contribution < -0.4 is 0 Å². The van der Waals surface area contributed by atoms with Gasteiger partial charge in [0.15, 0.2) is 0 Å². The zero-order valence-electron chi connectivity index (χ0n) is 10.4. The molecule has 1 heterocycles. The maximum absolute atomic E-state index is 11.4. The van der Waals surface area contributed by atoms with Gasteiger partial charge in [-0.15, -0.1) is 0 Å². The molecular formula is C14H13ClN2O2. The molecule has 1 unspecified atom stereocenters. The second-order valence-corrected chi connectivity index (χ2v) is 4.69. The Morgan fingerprint density at radius 2 is 2.11 bits per heavy atom. The highest BCUT2D eigenvalue weighted by atomic mass is 35.5. The maximum atomic E-state index is 11.4. The first kappa shape index (κ1) is 13.5. The lowest BCUT2D eigenvalue weighted by atomic mass is 9.95. The molecule has 4 nitrogen and oxygen atoms in total. The minimum Gasteiger partial charge on any atom is -0.481 e. The van der Waals surface area contributed by atoms with Crippen LogP contribution in [0, 0.1) is 6.92 Å². The molecule has 98 valence electrons. The summed E-state index contributed by atoms with van der Waals surface area (Å²) in [6.07, 6.45) is 3.41. The number of carboxylic acids is 1. The molecule has 0 fully saturated rings. The van der Waals surface area contributed by atoms with Crippen molar-refractivity contribution in [2.24, 2.45) is 0 Å². The number of hydrogen-bond donors (Lipinski definition) is 1. The lowest BCUT2D eigenvalue weighted by Gasteiger charge is -2.13. The monoisotopic (exact) mass is 276 g/mol. The van der Waals surface area contributed by atoms with E-state index in [1.807, 2.05) is 6.07 Å². The van der Waals surface area contributed by atoms with Crippen LogP contribution in [0.25, 0.3) is 0 Å². The Kier molecular flexibility index (Phi) is 4.12. The van der Waals surface area contributed by atoms with Crippen molar-refractivity contribution in [2.75, 3.05) is 0 Å². The standard InChI is InChI=1S/C14H13ClN2O2/c1-9-13(17-6-5-16-9)12(14(18)19)8-10-3-2-4-11(15)7-10/h2-7,12H,8H2,1H3,(H,18,19). The molecule has 0 aliphatic carbocycles. The Morgan fingerprint density at radius 1 is 1.37 bits per heavy atom. The van der Waals surface area contributed by atoms with E-state index in [0.717, 1.165) is 5.56 Å². The summed E-state index contributed by atoms with van der Waals surface area (Å²) in [4.78, 5) is 19.7. The fraction of sp³-hybridized carbons (Fsp3) is 0.214. The summed E-state index contributed by atoms with van der Waals surface area (Å²) in [5.41, 5.74) is 2.00. The number of rotatable bonds is 4. The van der Waals surface area contributed by atoms with Crippen molar-refractivity contribution in [1.29, 1.82) is 0 Å². The normalized spacial score (nSPS) is 12.1. The van der Waals surface area contributed by atoms with E-state index in [-0.39, 0.29) is 0 Å². The van der Waals surface area contributed by atoms with Gasteiger partial charge in [-0.05, 0) is 31.0 Å². The molecule has 0 saturated heterocycles. The Bertz CT molecular complexity index is 602. The number of hydrogen-bond acceptors (Lipinski definition) is 3. The lowest BCUT2D eigenvalue weighted by molar-refractivity contribution is -0.138. The van der Waals surface area contributed by atoms with Gasteiger partial charge in [-0.3, -0.25) is 14.8 Å². The molecule has 0 amide bonds. The number of carbonyl (C=O) groups is 1. The van der Waals surface area contributed by atoms with Crippen LogP contribution in [0.3, 0.4) is 0 Å². The van der Waals surface area contributed by atoms with Gasteiger partial charge >= 0.3 is 5.97 Å². The van der Waals surface area contributed by atoms with Crippen molar-refractivity contribution in [3.63, 3.8) is 0 Å². The Morgan fingerprint density at radius 3 is 2.74 bits per heavy atom. The van der Waals surface area contributed by atoms with E-state index in [4.69, 9.17) is 11.6 Å². The van der Waals surface area contributed by atoms with Gasteiger partial charge in [0.2, 0.25) is 0 Å². The van der Waals surface area contributed by atoms with E-state index >= 15 is 0 Å². The van der Waals surface area contributed by atoms with Gasteiger partial charge in [-0.25, -0.2) is 0 Å². The molecule has 1 aromatic heterocycles. The average molecular weight is 277 g/mol. The fourth-order valence-electron chi connectivity index (χ4n) is 1.96. The second kappa shape index (κ2) is 5.80. The first-order valence-corrected chi connectivity index (χ1v) is 6.20. The van der Waals surface area contributed by atoms with Crippen molar-refractivity contribution in [3.8, 4) is 0 Å². The summed E-state index contributed by atoms with van der Waals surface area (Å²) in [5.74, 6) is -1.63. The first-order valence-electron chi connectivity index (χ1n) is 5.82. The third-order valence-electron chi connectivity index (χ3n) is 2.88. The molecule has 0 saturated carbocycles. The minimum atomic E-state index is -0.913. The summed E-state index contributed by atoms with van der Waals surface area (Å²) >= 11 is 5.91. The van der Waals surface area contributed by atoms with Gasteiger partial charge in [-0.1, -0.05) is 23.7 Å². The lowest BCUT2D eigenvalue weighted by Crippen LogP contribution is -2.17. The van der Waals surface area contributed by atoms with E-state index in [1.165, 1.54) is 6.20 Å². The molecule has 2 aromatic rings. The number of halogens is 1. The van der Waals surface area contributed by atoms with Gasteiger partial charge in [0, 0.05) is 17.4 Å². The number of carboxylic acid groups (broad SMARTS) is 1. The molecule has 1 N–H and O–H groups in total. The predicted octanol–water partition coefficient (Wildman–Crippen LogP) is 2.85. The maximum Gasteiger partial charge on any atom is 0.313 e. The van der Waals surface area contributed by atoms with Gasteiger partial charge < -0.3 is 5.11 Å². The highest BCUT2D eigenvalue weighted by Gasteiger charge is 2.24. The number of nitrogens with zero attached hydrogens (tertiary/aromatic N) is 2. The van der Waals surface area contributed by atoms with Crippen LogP contribution >= 0.6 is 11.6 Å². The van der Waals surface area contributed by atoms with Crippen molar-refractivity contribution < 1.29 is 9.90 Å². The summed E-state index contributed by atoms with van der Waals surface area (Å²) in [6.45, 7) is 1.76. The van der Waals surface area contributed by atoms with Gasteiger partial charge in [0.1, 0.15) is 5.92 Å². The summed E-state index contributed by atoms with van der Waals surface area (Å²) in [7, 11) is 0. The molecule has 0 aliphatic heterocycles. The van der Waals surface area contributed by atoms with Gasteiger partial charge in [0.05, 0.1) is 11.4 Å². The smallest absolute Gasteiger partial charge is 0.313 e. The second-order valence-electron chi connectivity index (χ2n) is 4.25. The Labute approximate surface area is 116 Å². The molecular weight excluding hydrogens is 264 g/mol. The van der Waals surface area contributed by atoms with Crippen molar-refractivity contribution in [1.82, 2.24) is 9.97 Å². The van der Waals surface area contributed by atoms with E-state index in [0.29, 0.717) is 22.8 Å². The van der Waals surface area contributed by atoms with Crippen LogP contribution in [0.4, 0.5) is 0 Å². The summed E-state index contributed by atoms with van der Waals surface area (Å²) in [6, 6.07) is 7.19. The fourth-order valence-corrected chi connectivity index (χ4v) is 2.17. The molecule has 5 heteroatoms. The van der Waals surface area contributed by atoms with Crippen LogP contribution in [-0.2, 0) is 11.2 Å². The topological polar surface area (TPSA) is 63.1 Å². The van der Waals surface area contributed by atoms with E-state index < -0.39 is 11.9 Å². The van der Waals surface area contributed by atoms with Crippen molar-refractivity contribution in [3.05, 3.63) is 58.6 Å². The molecule has 0 spiro atoms. The van der Waals surface area contributed by atoms with Crippen molar-refractivity contribution >= 4 is 17.6 Å². The number of benzene rings is 1. The third kappa shape index (κ3) is 3.29. The summed E-state index contributed by atoms with van der Waals surface area (Å²) in [5, 5.41) is 9.98. The molecule has 2 rings (SSSR count). The SMILES string of the molecule is Cc1nccnc1C(Cc1cccc(Cl)c1)C(=O)O.